The fourth-order valence-corrected chi connectivity index (χ4v) is 5.07. The number of amides is 1. The van der Waals surface area contributed by atoms with Crippen LogP contribution in [-0.2, 0) is 14.3 Å². The number of aliphatic hydroxyl groups is 1. The molecule has 1 aromatic carbocycles. The average molecular weight is 491 g/mol. The van der Waals surface area contributed by atoms with Crippen molar-refractivity contribution in [1.82, 2.24) is 19.2 Å². The molecule has 0 saturated carbocycles. The number of aromatic nitrogens is 2. The van der Waals surface area contributed by atoms with Crippen molar-refractivity contribution in [2.75, 3.05) is 46.5 Å². The van der Waals surface area contributed by atoms with E-state index in [1.807, 2.05) is 31.2 Å². The second-order valence-electron chi connectivity index (χ2n) is 9.15. The summed E-state index contributed by atoms with van der Waals surface area (Å²) in [7, 11) is 1.57. The minimum atomic E-state index is -0.754. The molecule has 1 amide bonds. The summed E-state index contributed by atoms with van der Waals surface area (Å²) < 4.78 is 12.6. The number of pyridine rings is 1. The lowest BCUT2D eigenvalue weighted by Gasteiger charge is -2.31. The third-order valence-corrected chi connectivity index (χ3v) is 6.95. The van der Waals surface area contributed by atoms with Crippen molar-refractivity contribution >= 4 is 23.1 Å². The SMILES string of the molecule is COc1cccc([C@@H]2C(=C(O)c3c(C)nc4c(C)cccn34)C(=O)C(=O)N2CCN2CCOCC2)c1. The number of ketones is 1. The number of carbonyl (C=O) groups is 2. The van der Waals surface area contributed by atoms with Gasteiger partial charge in [0.25, 0.3) is 11.7 Å². The number of aryl methyl sites for hydroxylation is 2. The molecule has 1 atom stereocenters. The Kier molecular flexibility index (Phi) is 6.51. The molecule has 0 aliphatic carbocycles. The van der Waals surface area contributed by atoms with E-state index in [0.717, 1.165) is 18.7 Å². The number of nitrogens with zero attached hydrogens (tertiary/aromatic N) is 4. The molecule has 188 valence electrons. The molecular weight excluding hydrogens is 460 g/mol. The van der Waals surface area contributed by atoms with Gasteiger partial charge in [-0.25, -0.2) is 4.98 Å². The molecule has 2 fully saturated rings. The Morgan fingerprint density at radius 1 is 1.14 bits per heavy atom. The minimum Gasteiger partial charge on any atom is -0.505 e. The highest BCUT2D eigenvalue weighted by Gasteiger charge is 2.46. The number of methoxy groups -OCH3 is 1. The summed E-state index contributed by atoms with van der Waals surface area (Å²) in [6.07, 6.45) is 1.80. The van der Waals surface area contributed by atoms with E-state index < -0.39 is 17.7 Å². The maximum atomic E-state index is 13.5. The van der Waals surface area contributed by atoms with Gasteiger partial charge < -0.3 is 19.5 Å². The average Bonchev–Trinajstić information content (AvgIpc) is 3.37. The summed E-state index contributed by atoms with van der Waals surface area (Å²) in [5.74, 6) is -0.955. The first-order valence-corrected chi connectivity index (χ1v) is 12.1. The van der Waals surface area contributed by atoms with Crippen LogP contribution in [-0.4, -0.2) is 82.5 Å². The smallest absolute Gasteiger partial charge is 0.295 e. The highest BCUT2D eigenvalue weighted by molar-refractivity contribution is 6.46. The number of carbonyl (C=O) groups excluding carboxylic acids is 2. The molecule has 1 N–H and O–H groups in total. The third kappa shape index (κ3) is 4.14. The van der Waals surface area contributed by atoms with Crippen LogP contribution in [0.3, 0.4) is 0 Å². The lowest BCUT2D eigenvalue weighted by molar-refractivity contribution is -0.140. The topological polar surface area (TPSA) is 96.6 Å². The van der Waals surface area contributed by atoms with Crippen LogP contribution in [0.5, 0.6) is 5.75 Å². The molecule has 2 aliphatic heterocycles. The number of fused-ring (bicyclic) bond motifs is 1. The van der Waals surface area contributed by atoms with Gasteiger partial charge in [0.2, 0.25) is 0 Å². The number of Topliss-reactive ketones (excluding diaryl/α,β-unsaturated/α-hetero) is 1. The van der Waals surface area contributed by atoms with Gasteiger partial charge in [-0.1, -0.05) is 18.2 Å². The van der Waals surface area contributed by atoms with Gasteiger partial charge in [0.15, 0.2) is 5.76 Å². The first-order valence-electron chi connectivity index (χ1n) is 12.1. The Hall–Kier alpha value is -3.69. The number of ether oxygens (including phenoxy) is 2. The second kappa shape index (κ2) is 9.75. The Morgan fingerprint density at radius 3 is 2.67 bits per heavy atom. The van der Waals surface area contributed by atoms with Gasteiger partial charge in [-0.05, 0) is 43.2 Å². The monoisotopic (exact) mass is 490 g/mol. The molecule has 0 bridgehead atoms. The lowest BCUT2D eigenvalue weighted by Crippen LogP contribution is -2.42. The van der Waals surface area contributed by atoms with Gasteiger partial charge in [-0.2, -0.15) is 0 Å². The van der Waals surface area contributed by atoms with Gasteiger partial charge in [0, 0.05) is 32.4 Å². The summed E-state index contributed by atoms with van der Waals surface area (Å²) in [4.78, 5) is 35.2. The van der Waals surface area contributed by atoms with E-state index in [1.54, 1.807) is 41.7 Å². The Bertz CT molecular complexity index is 1360. The van der Waals surface area contributed by atoms with Crippen LogP contribution in [0.15, 0.2) is 48.2 Å². The highest BCUT2D eigenvalue weighted by Crippen LogP contribution is 2.40. The molecule has 2 aliphatic rings. The maximum absolute atomic E-state index is 13.5. The number of benzene rings is 1. The Labute approximate surface area is 209 Å². The number of morpholine rings is 1. The fraction of sp³-hybridized carbons (Fsp3) is 0.370. The van der Waals surface area contributed by atoms with Crippen LogP contribution in [0, 0.1) is 13.8 Å². The zero-order valence-corrected chi connectivity index (χ0v) is 20.7. The number of hydrogen-bond donors (Lipinski definition) is 1. The van der Waals surface area contributed by atoms with E-state index in [1.165, 1.54) is 0 Å². The normalized spacial score (nSPS) is 20.4. The molecule has 0 radical (unpaired) electrons. The summed E-state index contributed by atoms with van der Waals surface area (Å²) in [6, 6.07) is 10.3. The van der Waals surface area contributed by atoms with E-state index in [2.05, 4.69) is 9.88 Å². The molecular formula is C27H30N4O5. The van der Waals surface area contributed by atoms with Crippen molar-refractivity contribution in [3.63, 3.8) is 0 Å². The van der Waals surface area contributed by atoms with Gasteiger partial charge in [0.1, 0.15) is 17.1 Å². The van der Waals surface area contributed by atoms with Crippen molar-refractivity contribution in [1.29, 1.82) is 0 Å². The van der Waals surface area contributed by atoms with E-state index in [0.29, 0.717) is 54.7 Å². The van der Waals surface area contributed by atoms with Crippen molar-refractivity contribution < 1.29 is 24.2 Å². The molecule has 4 heterocycles. The molecule has 5 rings (SSSR count). The molecule has 2 saturated heterocycles. The molecule has 0 unspecified atom stereocenters. The standard InChI is InChI=1S/C27H30N4O5/c1-17-6-5-9-30-22(18(2)28-26(17)30)24(32)21-23(19-7-4-8-20(16-19)35-3)31(27(34)25(21)33)11-10-29-12-14-36-15-13-29/h4-9,16,23,32H,10-15H2,1-3H3/t23-/m1/s1. The molecule has 2 aromatic heterocycles. The van der Waals surface area contributed by atoms with Gasteiger partial charge in [-0.15, -0.1) is 0 Å². The maximum Gasteiger partial charge on any atom is 0.295 e. The molecule has 3 aromatic rings. The second-order valence-corrected chi connectivity index (χ2v) is 9.15. The summed E-state index contributed by atoms with van der Waals surface area (Å²) >= 11 is 0. The zero-order chi connectivity index (χ0) is 25.4. The molecule has 36 heavy (non-hydrogen) atoms. The largest absolute Gasteiger partial charge is 0.505 e. The summed E-state index contributed by atoms with van der Waals surface area (Å²) in [6.45, 7) is 7.50. The highest BCUT2D eigenvalue weighted by atomic mass is 16.5. The third-order valence-electron chi connectivity index (χ3n) is 6.95. The summed E-state index contributed by atoms with van der Waals surface area (Å²) in [5, 5.41) is 11.6. The first kappa shape index (κ1) is 24.0. The first-order chi connectivity index (χ1) is 17.4. The van der Waals surface area contributed by atoms with Crippen LogP contribution in [0.1, 0.15) is 28.6 Å². The van der Waals surface area contributed by atoms with Crippen molar-refractivity contribution in [3.05, 3.63) is 70.7 Å². The van der Waals surface area contributed by atoms with E-state index in [4.69, 9.17) is 9.47 Å². The number of rotatable bonds is 6. The molecule has 9 nitrogen and oxygen atoms in total. The molecule has 0 spiro atoms. The van der Waals surface area contributed by atoms with Crippen molar-refractivity contribution in [2.45, 2.75) is 19.9 Å². The number of likely N-dealkylation sites (tertiary alicyclic amines) is 1. The predicted octanol–water partition coefficient (Wildman–Crippen LogP) is 2.71. The minimum absolute atomic E-state index is 0.0571. The number of imidazole rings is 1. The van der Waals surface area contributed by atoms with Crippen molar-refractivity contribution in [3.8, 4) is 5.75 Å². The van der Waals surface area contributed by atoms with Crippen LogP contribution < -0.4 is 4.74 Å². The van der Waals surface area contributed by atoms with E-state index in [-0.39, 0.29) is 11.3 Å². The number of hydrogen-bond acceptors (Lipinski definition) is 7. The zero-order valence-electron chi connectivity index (χ0n) is 20.7. The van der Waals surface area contributed by atoms with E-state index >= 15 is 0 Å². The Morgan fingerprint density at radius 2 is 1.92 bits per heavy atom. The van der Waals surface area contributed by atoms with Crippen molar-refractivity contribution in [2.24, 2.45) is 0 Å². The number of aliphatic hydroxyl groups excluding tert-OH is 1. The van der Waals surface area contributed by atoms with E-state index in [9.17, 15) is 14.7 Å². The fourth-order valence-electron chi connectivity index (χ4n) is 5.07. The molecule has 9 heteroatoms. The summed E-state index contributed by atoms with van der Waals surface area (Å²) in [5.41, 5.74) is 3.37. The Balaban J connectivity index is 1.63. The van der Waals surface area contributed by atoms with Crippen LogP contribution in [0.25, 0.3) is 11.4 Å². The van der Waals surface area contributed by atoms with Gasteiger partial charge >= 0.3 is 0 Å². The van der Waals surface area contributed by atoms with Crippen LogP contribution in [0.4, 0.5) is 0 Å². The quantitative estimate of drug-likeness (QED) is 0.322. The predicted molar refractivity (Wildman–Crippen MR) is 134 cm³/mol. The van der Waals surface area contributed by atoms with Gasteiger partial charge in [0.05, 0.1) is 37.6 Å². The van der Waals surface area contributed by atoms with Crippen LogP contribution in [0.2, 0.25) is 0 Å². The van der Waals surface area contributed by atoms with Crippen LogP contribution >= 0.6 is 0 Å². The van der Waals surface area contributed by atoms with Gasteiger partial charge in [-0.3, -0.25) is 18.9 Å². The lowest BCUT2D eigenvalue weighted by atomic mass is 9.96.